The van der Waals surface area contributed by atoms with Crippen LogP contribution in [0, 0.1) is 5.92 Å². The molecule has 0 unspecified atom stereocenters. The number of hydrogen-bond acceptors (Lipinski definition) is 3. The molecule has 0 aliphatic carbocycles. The van der Waals surface area contributed by atoms with Crippen LogP contribution in [0.25, 0.3) is 0 Å². The molecule has 0 fully saturated rings. The Morgan fingerprint density at radius 2 is 2.11 bits per heavy atom. The summed E-state index contributed by atoms with van der Waals surface area (Å²) < 4.78 is 37.9. The lowest BCUT2D eigenvalue weighted by Crippen LogP contribution is -2.33. The second kappa shape index (κ2) is 6.40. The maximum atomic E-state index is 12.6. The summed E-state index contributed by atoms with van der Waals surface area (Å²) in [6, 6.07) is 2.12. The standard InChI is InChI=1S/C12H16F3N3O/c1-8(2)6-17-10(19)7-18-11-9(12(13,14)15)4-3-5-16-11/h3-5,8H,6-7H2,1-2H3,(H,16,18)(H,17,19). The van der Waals surface area contributed by atoms with Gasteiger partial charge in [0.2, 0.25) is 5.91 Å². The molecule has 4 nitrogen and oxygen atoms in total. The van der Waals surface area contributed by atoms with Crippen LogP contribution in [0.2, 0.25) is 0 Å². The third-order valence-corrected chi connectivity index (χ3v) is 2.24. The van der Waals surface area contributed by atoms with Crippen LogP contribution in [0.4, 0.5) is 19.0 Å². The van der Waals surface area contributed by atoms with Crippen molar-refractivity contribution in [2.75, 3.05) is 18.4 Å². The predicted octanol–water partition coefficient (Wildman–Crippen LogP) is 2.28. The second-order valence-electron chi connectivity index (χ2n) is 4.45. The number of carbonyl (C=O) groups excluding carboxylic acids is 1. The summed E-state index contributed by atoms with van der Waals surface area (Å²) >= 11 is 0. The van der Waals surface area contributed by atoms with E-state index in [1.165, 1.54) is 12.3 Å². The molecule has 1 aromatic rings. The Bertz CT molecular complexity index is 432. The molecule has 0 saturated carbocycles. The molecule has 0 aromatic carbocycles. The Kier molecular flexibility index (Phi) is 5.14. The number of pyridine rings is 1. The molecule has 0 spiro atoms. The fraction of sp³-hybridized carbons (Fsp3) is 0.500. The number of alkyl halides is 3. The lowest BCUT2D eigenvalue weighted by molar-refractivity contribution is -0.137. The highest BCUT2D eigenvalue weighted by molar-refractivity contribution is 5.80. The van der Waals surface area contributed by atoms with Crippen molar-refractivity contribution >= 4 is 11.7 Å². The van der Waals surface area contributed by atoms with E-state index in [0.717, 1.165) is 6.07 Å². The Balaban J connectivity index is 2.61. The van der Waals surface area contributed by atoms with Crippen LogP contribution in [0.3, 0.4) is 0 Å². The number of rotatable bonds is 5. The van der Waals surface area contributed by atoms with E-state index in [4.69, 9.17) is 0 Å². The van der Waals surface area contributed by atoms with Gasteiger partial charge in [0, 0.05) is 12.7 Å². The van der Waals surface area contributed by atoms with Gasteiger partial charge in [-0.2, -0.15) is 13.2 Å². The molecule has 7 heteroatoms. The average molecular weight is 275 g/mol. The van der Waals surface area contributed by atoms with Gasteiger partial charge in [0.15, 0.2) is 0 Å². The van der Waals surface area contributed by atoms with Crippen LogP contribution in [0.15, 0.2) is 18.3 Å². The lowest BCUT2D eigenvalue weighted by atomic mass is 10.2. The lowest BCUT2D eigenvalue weighted by Gasteiger charge is -2.13. The number of carbonyl (C=O) groups is 1. The van der Waals surface area contributed by atoms with E-state index in [2.05, 4.69) is 15.6 Å². The van der Waals surface area contributed by atoms with E-state index in [9.17, 15) is 18.0 Å². The largest absolute Gasteiger partial charge is 0.419 e. The van der Waals surface area contributed by atoms with Crippen LogP contribution in [-0.4, -0.2) is 24.0 Å². The van der Waals surface area contributed by atoms with Crippen LogP contribution in [0.1, 0.15) is 19.4 Å². The van der Waals surface area contributed by atoms with Crippen molar-refractivity contribution in [3.8, 4) is 0 Å². The zero-order valence-electron chi connectivity index (χ0n) is 10.7. The quantitative estimate of drug-likeness (QED) is 0.867. The molecular formula is C12H16F3N3O. The fourth-order valence-corrected chi connectivity index (χ4v) is 1.32. The minimum absolute atomic E-state index is 0.243. The minimum Gasteiger partial charge on any atom is -0.361 e. The van der Waals surface area contributed by atoms with Gasteiger partial charge in [-0.1, -0.05) is 13.8 Å². The van der Waals surface area contributed by atoms with Gasteiger partial charge in [-0.05, 0) is 18.1 Å². The van der Waals surface area contributed by atoms with Crippen LogP contribution < -0.4 is 10.6 Å². The molecule has 1 rings (SSSR count). The van der Waals surface area contributed by atoms with Gasteiger partial charge in [-0.3, -0.25) is 4.79 Å². The van der Waals surface area contributed by atoms with E-state index in [-0.39, 0.29) is 24.2 Å². The second-order valence-corrected chi connectivity index (χ2v) is 4.45. The highest BCUT2D eigenvalue weighted by Crippen LogP contribution is 2.33. The Morgan fingerprint density at radius 1 is 1.42 bits per heavy atom. The fourth-order valence-electron chi connectivity index (χ4n) is 1.32. The van der Waals surface area contributed by atoms with Gasteiger partial charge < -0.3 is 10.6 Å². The SMILES string of the molecule is CC(C)CNC(=O)CNc1ncccc1C(F)(F)F. The molecule has 0 saturated heterocycles. The molecule has 0 bridgehead atoms. The van der Waals surface area contributed by atoms with E-state index in [1.54, 1.807) is 0 Å². The number of amides is 1. The molecule has 0 aliphatic heterocycles. The highest BCUT2D eigenvalue weighted by Gasteiger charge is 2.34. The third kappa shape index (κ3) is 5.15. The maximum absolute atomic E-state index is 12.6. The number of halogens is 3. The zero-order chi connectivity index (χ0) is 14.5. The summed E-state index contributed by atoms with van der Waals surface area (Å²) in [7, 11) is 0. The average Bonchev–Trinajstić information content (AvgIpc) is 2.33. The maximum Gasteiger partial charge on any atom is 0.419 e. The first kappa shape index (κ1) is 15.3. The summed E-state index contributed by atoms with van der Waals surface area (Å²) in [6.07, 6.45) is -3.26. The first-order chi connectivity index (χ1) is 8.80. The first-order valence-electron chi connectivity index (χ1n) is 5.83. The Morgan fingerprint density at radius 3 is 2.68 bits per heavy atom. The zero-order valence-corrected chi connectivity index (χ0v) is 10.7. The van der Waals surface area contributed by atoms with Gasteiger partial charge in [-0.25, -0.2) is 4.98 Å². The summed E-state index contributed by atoms with van der Waals surface area (Å²) in [5, 5.41) is 5.00. The molecule has 0 radical (unpaired) electrons. The van der Waals surface area contributed by atoms with Crippen molar-refractivity contribution in [1.82, 2.24) is 10.3 Å². The van der Waals surface area contributed by atoms with Crippen molar-refractivity contribution in [3.63, 3.8) is 0 Å². The number of aromatic nitrogens is 1. The molecular weight excluding hydrogens is 259 g/mol. The van der Waals surface area contributed by atoms with E-state index < -0.39 is 11.7 Å². The van der Waals surface area contributed by atoms with Gasteiger partial charge in [-0.15, -0.1) is 0 Å². The van der Waals surface area contributed by atoms with Crippen LogP contribution in [0.5, 0.6) is 0 Å². The summed E-state index contributed by atoms with van der Waals surface area (Å²) in [6.45, 7) is 4.09. The minimum atomic E-state index is -4.50. The molecule has 1 heterocycles. The number of nitrogens with one attached hydrogen (secondary N) is 2. The van der Waals surface area contributed by atoms with E-state index in [0.29, 0.717) is 6.54 Å². The van der Waals surface area contributed by atoms with Crippen molar-refractivity contribution in [2.24, 2.45) is 5.92 Å². The van der Waals surface area contributed by atoms with Gasteiger partial charge >= 0.3 is 6.18 Å². The Hall–Kier alpha value is -1.79. The molecule has 0 atom stereocenters. The van der Waals surface area contributed by atoms with Crippen molar-refractivity contribution in [3.05, 3.63) is 23.9 Å². The van der Waals surface area contributed by atoms with E-state index in [1.807, 2.05) is 13.8 Å². The van der Waals surface area contributed by atoms with Crippen molar-refractivity contribution in [1.29, 1.82) is 0 Å². The molecule has 1 amide bonds. The molecule has 1 aromatic heterocycles. The van der Waals surface area contributed by atoms with Crippen molar-refractivity contribution < 1.29 is 18.0 Å². The summed E-state index contributed by atoms with van der Waals surface area (Å²) in [4.78, 5) is 15.0. The van der Waals surface area contributed by atoms with Gasteiger partial charge in [0.25, 0.3) is 0 Å². The van der Waals surface area contributed by atoms with Crippen molar-refractivity contribution in [2.45, 2.75) is 20.0 Å². The highest BCUT2D eigenvalue weighted by atomic mass is 19.4. The monoisotopic (exact) mass is 275 g/mol. The normalized spacial score (nSPS) is 11.5. The first-order valence-corrected chi connectivity index (χ1v) is 5.83. The number of hydrogen-bond donors (Lipinski definition) is 2. The number of anilines is 1. The molecule has 2 N–H and O–H groups in total. The topological polar surface area (TPSA) is 54.0 Å². The third-order valence-electron chi connectivity index (χ3n) is 2.24. The molecule has 19 heavy (non-hydrogen) atoms. The predicted molar refractivity (Wildman–Crippen MR) is 65.6 cm³/mol. The van der Waals surface area contributed by atoms with Crippen LogP contribution >= 0.6 is 0 Å². The molecule has 106 valence electrons. The summed E-state index contributed by atoms with van der Waals surface area (Å²) in [5.41, 5.74) is -0.883. The van der Waals surface area contributed by atoms with Crippen LogP contribution in [-0.2, 0) is 11.0 Å². The van der Waals surface area contributed by atoms with Gasteiger partial charge in [0.05, 0.1) is 12.1 Å². The number of nitrogens with zero attached hydrogens (tertiary/aromatic N) is 1. The smallest absolute Gasteiger partial charge is 0.361 e. The molecule has 0 aliphatic rings. The summed E-state index contributed by atoms with van der Waals surface area (Å²) in [5.74, 6) is -0.424. The van der Waals surface area contributed by atoms with Gasteiger partial charge in [0.1, 0.15) is 5.82 Å². The Labute approximate surface area is 109 Å². The van der Waals surface area contributed by atoms with E-state index >= 15 is 0 Å².